The number of fused-ring (bicyclic) bond motifs is 1. The molecule has 96 valence electrons. The van der Waals surface area contributed by atoms with Gasteiger partial charge in [0.2, 0.25) is 0 Å². The van der Waals surface area contributed by atoms with Crippen LogP contribution in [0.15, 0.2) is 30.6 Å². The molecule has 0 aliphatic carbocycles. The normalized spacial score (nSPS) is 10.8. The second-order valence-corrected chi connectivity index (χ2v) is 4.58. The first-order valence-corrected chi connectivity index (χ1v) is 6.65. The van der Waals surface area contributed by atoms with Gasteiger partial charge in [0.05, 0.1) is 0 Å². The number of benzene rings is 1. The van der Waals surface area contributed by atoms with Crippen molar-refractivity contribution in [1.29, 1.82) is 0 Å². The third-order valence-corrected chi connectivity index (χ3v) is 3.16. The van der Waals surface area contributed by atoms with Crippen LogP contribution < -0.4 is 10.6 Å². The maximum absolute atomic E-state index is 6.01. The standard InChI is InChI=1S/C15H21N3/c1-3-9-18(10-4-2)15-6-5-14(16)13-11-17-8-7-12(13)15/h5-8,11H,3-4,9-10,16H2,1-2H3. The molecule has 2 aromatic rings. The molecule has 0 saturated carbocycles. The van der Waals surface area contributed by atoms with Crippen molar-refractivity contribution in [1.82, 2.24) is 4.98 Å². The molecule has 0 saturated heterocycles. The summed E-state index contributed by atoms with van der Waals surface area (Å²) in [5, 5.41) is 2.25. The smallest absolute Gasteiger partial charge is 0.0448 e. The first kappa shape index (κ1) is 12.7. The zero-order valence-electron chi connectivity index (χ0n) is 11.2. The largest absolute Gasteiger partial charge is 0.398 e. The first-order valence-electron chi connectivity index (χ1n) is 6.65. The van der Waals surface area contributed by atoms with Crippen LogP contribution in [-0.4, -0.2) is 18.1 Å². The first-order chi connectivity index (χ1) is 8.77. The predicted molar refractivity (Wildman–Crippen MR) is 79.0 cm³/mol. The number of nitrogens with two attached hydrogens (primary N) is 1. The van der Waals surface area contributed by atoms with E-state index in [9.17, 15) is 0 Å². The number of hydrogen-bond donors (Lipinski definition) is 1. The minimum absolute atomic E-state index is 0.801. The molecule has 0 spiro atoms. The monoisotopic (exact) mass is 243 g/mol. The van der Waals surface area contributed by atoms with Gasteiger partial charge in [0.15, 0.2) is 0 Å². The maximum Gasteiger partial charge on any atom is 0.0448 e. The Morgan fingerprint density at radius 1 is 1.06 bits per heavy atom. The molecular weight excluding hydrogens is 222 g/mol. The molecule has 1 heterocycles. The minimum atomic E-state index is 0.801. The van der Waals surface area contributed by atoms with E-state index in [2.05, 4.69) is 35.9 Å². The van der Waals surface area contributed by atoms with Crippen LogP contribution in [0.4, 0.5) is 11.4 Å². The molecule has 0 fully saturated rings. The van der Waals surface area contributed by atoms with Gasteiger partial charge in [-0.1, -0.05) is 13.8 Å². The quantitative estimate of drug-likeness (QED) is 0.818. The van der Waals surface area contributed by atoms with Gasteiger partial charge >= 0.3 is 0 Å². The Bertz CT molecular complexity index is 516. The molecule has 3 heteroatoms. The lowest BCUT2D eigenvalue weighted by Gasteiger charge is -2.25. The lowest BCUT2D eigenvalue weighted by molar-refractivity contribution is 0.747. The van der Waals surface area contributed by atoms with E-state index >= 15 is 0 Å². The van der Waals surface area contributed by atoms with Crippen LogP contribution in [0.1, 0.15) is 26.7 Å². The van der Waals surface area contributed by atoms with Gasteiger partial charge < -0.3 is 10.6 Å². The number of hydrogen-bond acceptors (Lipinski definition) is 3. The highest BCUT2D eigenvalue weighted by molar-refractivity contribution is 6.00. The Hall–Kier alpha value is -1.77. The lowest BCUT2D eigenvalue weighted by Crippen LogP contribution is -2.25. The molecule has 1 aromatic heterocycles. The van der Waals surface area contributed by atoms with Crippen molar-refractivity contribution in [2.24, 2.45) is 0 Å². The second kappa shape index (κ2) is 5.71. The van der Waals surface area contributed by atoms with Gasteiger partial charge in [-0.15, -0.1) is 0 Å². The van der Waals surface area contributed by atoms with Crippen molar-refractivity contribution in [2.45, 2.75) is 26.7 Å². The van der Waals surface area contributed by atoms with Gasteiger partial charge in [0.1, 0.15) is 0 Å². The molecule has 2 rings (SSSR count). The highest BCUT2D eigenvalue weighted by Crippen LogP contribution is 2.30. The summed E-state index contributed by atoms with van der Waals surface area (Å²) in [6.07, 6.45) is 5.99. The average molecular weight is 243 g/mol. The van der Waals surface area contributed by atoms with Crippen molar-refractivity contribution in [3.8, 4) is 0 Å². The van der Waals surface area contributed by atoms with Crippen LogP contribution in [-0.2, 0) is 0 Å². The number of anilines is 2. The van der Waals surface area contributed by atoms with Gasteiger partial charge in [-0.25, -0.2) is 0 Å². The van der Waals surface area contributed by atoms with E-state index in [0.717, 1.165) is 37.0 Å². The molecule has 0 bridgehead atoms. The van der Waals surface area contributed by atoms with E-state index < -0.39 is 0 Å². The molecule has 0 aliphatic heterocycles. The summed E-state index contributed by atoms with van der Waals surface area (Å²) < 4.78 is 0. The van der Waals surface area contributed by atoms with Gasteiger partial charge in [-0.3, -0.25) is 4.98 Å². The molecule has 18 heavy (non-hydrogen) atoms. The van der Waals surface area contributed by atoms with E-state index in [4.69, 9.17) is 5.73 Å². The summed E-state index contributed by atoms with van der Waals surface area (Å²) in [6, 6.07) is 6.17. The number of nitrogen functional groups attached to an aromatic ring is 1. The molecule has 3 nitrogen and oxygen atoms in total. The van der Waals surface area contributed by atoms with Gasteiger partial charge in [0, 0.05) is 47.6 Å². The summed E-state index contributed by atoms with van der Waals surface area (Å²) in [5.74, 6) is 0. The van der Waals surface area contributed by atoms with Crippen molar-refractivity contribution in [2.75, 3.05) is 23.7 Å². The maximum atomic E-state index is 6.01. The summed E-state index contributed by atoms with van der Waals surface area (Å²) in [5.41, 5.74) is 8.08. The second-order valence-electron chi connectivity index (χ2n) is 4.58. The summed E-state index contributed by atoms with van der Waals surface area (Å²) in [4.78, 5) is 6.60. The molecule has 0 radical (unpaired) electrons. The molecule has 0 unspecified atom stereocenters. The molecule has 0 amide bonds. The van der Waals surface area contributed by atoms with Crippen molar-refractivity contribution in [3.63, 3.8) is 0 Å². The third-order valence-electron chi connectivity index (χ3n) is 3.16. The topological polar surface area (TPSA) is 42.1 Å². The molecule has 0 aliphatic rings. The Kier molecular flexibility index (Phi) is 4.03. The SMILES string of the molecule is CCCN(CCC)c1ccc(N)c2cnccc12. The van der Waals surface area contributed by atoms with E-state index in [1.54, 1.807) is 0 Å². The van der Waals surface area contributed by atoms with Crippen LogP contribution in [0.5, 0.6) is 0 Å². The third kappa shape index (κ3) is 2.40. The zero-order chi connectivity index (χ0) is 13.0. The number of nitrogens with zero attached hydrogens (tertiary/aromatic N) is 2. The lowest BCUT2D eigenvalue weighted by atomic mass is 10.1. The Morgan fingerprint density at radius 3 is 2.44 bits per heavy atom. The van der Waals surface area contributed by atoms with Crippen LogP contribution in [0.2, 0.25) is 0 Å². The van der Waals surface area contributed by atoms with Crippen LogP contribution >= 0.6 is 0 Å². The number of aromatic nitrogens is 1. The van der Waals surface area contributed by atoms with E-state index in [0.29, 0.717) is 0 Å². The van der Waals surface area contributed by atoms with E-state index in [1.165, 1.54) is 11.1 Å². The fourth-order valence-electron chi connectivity index (χ4n) is 2.36. The fourth-order valence-corrected chi connectivity index (χ4v) is 2.36. The van der Waals surface area contributed by atoms with E-state index in [1.807, 2.05) is 18.5 Å². The highest BCUT2D eigenvalue weighted by atomic mass is 15.1. The average Bonchev–Trinajstić information content (AvgIpc) is 2.39. The van der Waals surface area contributed by atoms with Crippen molar-refractivity contribution < 1.29 is 0 Å². The highest BCUT2D eigenvalue weighted by Gasteiger charge is 2.10. The fraction of sp³-hybridized carbons (Fsp3) is 0.400. The Morgan fingerprint density at radius 2 is 1.78 bits per heavy atom. The predicted octanol–water partition coefficient (Wildman–Crippen LogP) is 3.44. The van der Waals surface area contributed by atoms with Crippen molar-refractivity contribution in [3.05, 3.63) is 30.6 Å². The molecule has 2 N–H and O–H groups in total. The van der Waals surface area contributed by atoms with Crippen LogP contribution in [0, 0.1) is 0 Å². The number of rotatable bonds is 5. The van der Waals surface area contributed by atoms with Gasteiger partial charge in [0.25, 0.3) is 0 Å². The Labute approximate surface area is 109 Å². The van der Waals surface area contributed by atoms with Crippen LogP contribution in [0.3, 0.4) is 0 Å². The van der Waals surface area contributed by atoms with Crippen molar-refractivity contribution >= 4 is 22.1 Å². The minimum Gasteiger partial charge on any atom is -0.398 e. The summed E-state index contributed by atoms with van der Waals surface area (Å²) in [7, 11) is 0. The zero-order valence-corrected chi connectivity index (χ0v) is 11.2. The summed E-state index contributed by atoms with van der Waals surface area (Å²) in [6.45, 7) is 6.58. The summed E-state index contributed by atoms with van der Waals surface area (Å²) >= 11 is 0. The van der Waals surface area contributed by atoms with Gasteiger partial charge in [-0.05, 0) is 31.0 Å². The molecular formula is C15H21N3. The molecule has 1 aromatic carbocycles. The number of pyridine rings is 1. The molecule has 0 atom stereocenters. The van der Waals surface area contributed by atoms with Crippen LogP contribution in [0.25, 0.3) is 10.8 Å². The van der Waals surface area contributed by atoms with E-state index in [-0.39, 0.29) is 0 Å². The van der Waals surface area contributed by atoms with Gasteiger partial charge in [-0.2, -0.15) is 0 Å². The Balaban J connectivity index is 2.52.